The Morgan fingerprint density at radius 2 is 1.94 bits per heavy atom. The maximum Gasteiger partial charge on any atom is 0.0732 e. The maximum atomic E-state index is 6.14. The van der Waals surface area contributed by atoms with E-state index in [1.54, 1.807) is 0 Å². The summed E-state index contributed by atoms with van der Waals surface area (Å²) in [5.74, 6) is 0. The van der Waals surface area contributed by atoms with Crippen molar-refractivity contribution in [1.29, 1.82) is 0 Å². The molecule has 0 saturated heterocycles. The number of halogens is 1. The minimum atomic E-state index is 0.208. The van der Waals surface area contributed by atoms with Crippen molar-refractivity contribution < 1.29 is 4.74 Å². The molecule has 2 N–H and O–H groups in total. The molecule has 0 aliphatic heterocycles. The van der Waals surface area contributed by atoms with Gasteiger partial charge >= 0.3 is 0 Å². The van der Waals surface area contributed by atoms with Crippen LogP contribution in [-0.2, 0) is 11.3 Å². The molecule has 0 bridgehead atoms. The van der Waals surface area contributed by atoms with Crippen molar-refractivity contribution in [2.24, 2.45) is 5.73 Å². The van der Waals surface area contributed by atoms with Crippen LogP contribution in [0.5, 0.6) is 0 Å². The Labute approximate surface area is 112 Å². The Bertz CT molecular complexity index is 356. The average Bonchev–Trinajstić information content (AvgIpc) is 2.53. The number of ether oxygens (including phenoxy) is 1. The molecule has 1 fully saturated rings. The highest BCUT2D eigenvalue weighted by molar-refractivity contribution is 9.10. The minimum absolute atomic E-state index is 0.208. The first kappa shape index (κ1) is 13.1. The summed E-state index contributed by atoms with van der Waals surface area (Å²) in [6.45, 7) is 0.653. The van der Waals surface area contributed by atoms with E-state index >= 15 is 0 Å². The van der Waals surface area contributed by atoms with Gasteiger partial charge in [-0.1, -0.05) is 53.4 Å². The van der Waals surface area contributed by atoms with E-state index in [1.165, 1.54) is 24.8 Å². The molecule has 0 aromatic heterocycles. The summed E-state index contributed by atoms with van der Waals surface area (Å²) in [5.41, 5.74) is 7.34. The van der Waals surface area contributed by atoms with Crippen molar-refractivity contribution in [3.8, 4) is 0 Å². The molecule has 94 valence electrons. The standard InChI is InChI=1S/C14H20BrNO/c15-12-7-5-4-6-11(12)10-17-14-9-3-1-2-8-13(14)16/h4-7,13-14H,1-3,8-10,16H2. The van der Waals surface area contributed by atoms with E-state index in [4.69, 9.17) is 10.5 Å². The second kappa shape index (κ2) is 6.53. The van der Waals surface area contributed by atoms with Gasteiger partial charge in [0, 0.05) is 10.5 Å². The molecule has 17 heavy (non-hydrogen) atoms. The predicted octanol–water partition coefficient (Wildman–Crippen LogP) is 3.63. The Balaban J connectivity index is 1.90. The van der Waals surface area contributed by atoms with Gasteiger partial charge in [-0.2, -0.15) is 0 Å². The second-order valence-corrected chi connectivity index (χ2v) is 5.60. The molecule has 2 nitrogen and oxygen atoms in total. The molecule has 1 aliphatic rings. The Morgan fingerprint density at radius 3 is 2.76 bits per heavy atom. The second-order valence-electron chi connectivity index (χ2n) is 4.74. The van der Waals surface area contributed by atoms with Gasteiger partial charge in [0.05, 0.1) is 12.7 Å². The topological polar surface area (TPSA) is 35.2 Å². The highest BCUT2D eigenvalue weighted by Gasteiger charge is 2.20. The lowest BCUT2D eigenvalue weighted by Gasteiger charge is -2.22. The van der Waals surface area contributed by atoms with E-state index in [0.29, 0.717) is 6.61 Å². The fourth-order valence-electron chi connectivity index (χ4n) is 2.32. The Hall–Kier alpha value is -0.380. The van der Waals surface area contributed by atoms with Crippen molar-refractivity contribution in [2.75, 3.05) is 0 Å². The maximum absolute atomic E-state index is 6.14. The van der Waals surface area contributed by atoms with E-state index in [-0.39, 0.29) is 12.1 Å². The van der Waals surface area contributed by atoms with Gasteiger partial charge in [0.25, 0.3) is 0 Å². The molecule has 2 atom stereocenters. The van der Waals surface area contributed by atoms with Gasteiger partial charge in [-0.25, -0.2) is 0 Å². The quantitative estimate of drug-likeness (QED) is 0.865. The molecule has 1 saturated carbocycles. The van der Waals surface area contributed by atoms with Crippen LogP contribution >= 0.6 is 15.9 Å². The van der Waals surface area contributed by atoms with Gasteiger partial charge in [-0.3, -0.25) is 0 Å². The fraction of sp³-hybridized carbons (Fsp3) is 0.571. The zero-order valence-corrected chi connectivity index (χ0v) is 11.7. The van der Waals surface area contributed by atoms with E-state index in [9.17, 15) is 0 Å². The molecule has 0 amide bonds. The van der Waals surface area contributed by atoms with Crippen LogP contribution in [0.2, 0.25) is 0 Å². The van der Waals surface area contributed by atoms with Crippen LogP contribution in [0.25, 0.3) is 0 Å². The average molecular weight is 298 g/mol. The summed E-state index contributed by atoms with van der Waals surface area (Å²) in [6.07, 6.45) is 6.21. The summed E-state index contributed by atoms with van der Waals surface area (Å²) >= 11 is 3.54. The lowest BCUT2D eigenvalue weighted by atomic mass is 10.1. The minimum Gasteiger partial charge on any atom is -0.372 e. The molecule has 0 spiro atoms. The van der Waals surface area contributed by atoms with Crippen LogP contribution in [0.1, 0.15) is 37.7 Å². The van der Waals surface area contributed by atoms with Crippen LogP contribution in [0.15, 0.2) is 28.7 Å². The highest BCUT2D eigenvalue weighted by atomic mass is 79.9. The van der Waals surface area contributed by atoms with Gasteiger partial charge in [0.1, 0.15) is 0 Å². The summed E-state index contributed by atoms with van der Waals surface area (Å²) < 4.78 is 7.10. The SMILES string of the molecule is NC1CCCCCC1OCc1ccccc1Br. The molecular formula is C14H20BrNO. The largest absolute Gasteiger partial charge is 0.372 e. The zero-order chi connectivity index (χ0) is 12.1. The predicted molar refractivity (Wildman–Crippen MR) is 73.8 cm³/mol. The van der Waals surface area contributed by atoms with Crippen LogP contribution in [0.3, 0.4) is 0 Å². The summed E-state index contributed by atoms with van der Waals surface area (Å²) in [7, 11) is 0. The smallest absolute Gasteiger partial charge is 0.0732 e. The normalized spacial score (nSPS) is 25.5. The monoisotopic (exact) mass is 297 g/mol. The molecule has 1 aliphatic carbocycles. The van der Waals surface area contributed by atoms with Crippen molar-refractivity contribution in [3.05, 3.63) is 34.3 Å². The molecule has 3 heteroatoms. The van der Waals surface area contributed by atoms with Gasteiger partial charge in [0.2, 0.25) is 0 Å². The van der Waals surface area contributed by atoms with E-state index < -0.39 is 0 Å². The first-order chi connectivity index (χ1) is 8.27. The third-order valence-corrected chi connectivity index (χ3v) is 4.19. The Kier molecular flexibility index (Phi) is 5.01. The summed E-state index contributed by atoms with van der Waals surface area (Å²) in [5, 5.41) is 0. The molecule has 2 rings (SSSR count). The zero-order valence-electron chi connectivity index (χ0n) is 10.1. The lowest BCUT2D eigenvalue weighted by Crippen LogP contribution is -2.35. The molecule has 2 unspecified atom stereocenters. The number of nitrogens with two attached hydrogens (primary N) is 1. The number of rotatable bonds is 3. The van der Waals surface area contributed by atoms with E-state index in [0.717, 1.165) is 17.3 Å². The third kappa shape index (κ3) is 3.80. The molecule has 0 radical (unpaired) electrons. The van der Waals surface area contributed by atoms with Gasteiger partial charge in [0.15, 0.2) is 0 Å². The van der Waals surface area contributed by atoms with Crippen molar-refractivity contribution in [1.82, 2.24) is 0 Å². The van der Waals surface area contributed by atoms with Crippen molar-refractivity contribution >= 4 is 15.9 Å². The van der Waals surface area contributed by atoms with Gasteiger partial charge in [-0.05, 0) is 24.5 Å². The molecule has 1 aromatic carbocycles. The summed E-state index contributed by atoms with van der Waals surface area (Å²) in [4.78, 5) is 0. The van der Waals surface area contributed by atoms with Crippen LogP contribution in [0.4, 0.5) is 0 Å². The first-order valence-corrected chi connectivity index (χ1v) is 7.17. The Morgan fingerprint density at radius 1 is 1.18 bits per heavy atom. The lowest BCUT2D eigenvalue weighted by molar-refractivity contribution is 0.0192. The van der Waals surface area contributed by atoms with Crippen LogP contribution < -0.4 is 5.73 Å². The molecule has 1 aromatic rings. The van der Waals surface area contributed by atoms with Crippen LogP contribution in [0, 0.1) is 0 Å². The summed E-state index contributed by atoms with van der Waals surface area (Å²) in [6, 6.07) is 8.40. The van der Waals surface area contributed by atoms with Crippen molar-refractivity contribution in [2.45, 2.75) is 50.9 Å². The first-order valence-electron chi connectivity index (χ1n) is 6.38. The van der Waals surface area contributed by atoms with Crippen molar-refractivity contribution in [3.63, 3.8) is 0 Å². The van der Waals surface area contributed by atoms with Gasteiger partial charge < -0.3 is 10.5 Å². The third-order valence-electron chi connectivity index (χ3n) is 3.41. The highest BCUT2D eigenvalue weighted by Crippen LogP contribution is 2.22. The molecule has 0 heterocycles. The van der Waals surface area contributed by atoms with Gasteiger partial charge in [-0.15, -0.1) is 0 Å². The van der Waals surface area contributed by atoms with E-state index in [1.807, 2.05) is 18.2 Å². The fourth-order valence-corrected chi connectivity index (χ4v) is 2.72. The number of benzene rings is 1. The molecular weight excluding hydrogens is 278 g/mol. The van der Waals surface area contributed by atoms with E-state index in [2.05, 4.69) is 22.0 Å². The van der Waals surface area contributed by atoms with Crippen LogP contribution in [-0.4, -0.2) is 12.1 Å². The number of hydrogen-bond acceptors (Lipinski definition) is 2. The number of hydrogen-bond donors (Lipinski definition) is 1.